The summed E-state index contributed by atoms with van der Waals surface area (Å²) < 4.78 is 13.1. The smallest absolute Gasteiger partial charge is 0.231 e. The van der Waals surface area contributed by atoms with Gasteiger partial charge in [-0.1, -0.05) is 12.1 Å². The van der Waals surface area contributed by atoms with Crippen molar-refractivity contribution in [2.24, 2.45) is 0 Å². The van der Waals surface area contributed by atoms with Crippen LogP contribution in [0.25, 0.3) is 0 Å². The molecular weight excluding hydrogens is 509 g/mol. The summed E-state index contributed by atoms with van der Waals surface area (Å²) in [6.45, 7) is 4.60. The van der Waals surface area contributed by atoms with Crippen molar-refractivity contribution in [2.45, 2.75) is 25.4 Å². The molecule has 11 heteroatoms. The van der Waals surface area contributed by atoms with E-state index < -0.39 is 0 Å². The highest BCUT2D eigenvalue weighted by Gasteiger charge is 2.22. The average molecular weight is 542 g/mol. The first kappa shape index (κ1) is 25.9. The highest BCUT2D eigenvalue weighted by Crippen LogP contribution is 2.24. The molecule has 4 heterocycles. The SMILES string of the molecule is O[C@H]1CCCN(c2ccc(Nc3ncnc(N4CCN(c5ncc(Cc6ccc(F)cc6)cn5)CC4)n3)cc2)C1. The third kappa shape index (κ3) is 6.26. The van der Waals surface area contributed by atoms with E-state index in [9.17, 15) is 9.50 Å². The molecule has 0 amide bonds. The summed E-state index contributed by atoms with van der Waals surface area (Å²) >= 11 is 0. The molecule has 0 bridgehead atoms. The summed E-state index contributed by atoms with van der Waals surface area (Å²) in [6, 6.07) is 14.6. The molecule has 2 aliphatic heterocycles. The average Bonchev–Trinajstić information content (AvgIpc) is 2.99. The Morgan fingerprint density at radius 1 is 0.775 bits per heavy atom. The molecule has 2 aromatic carbocycles. The van der Waals surface area contributed by atoms with Crippen molar-refractivity contribution in [1.29, 1.82) is 0 Å². The van der Waals surface area contributed by atoms with Crippen molar-refractivity contribution in [3.05, 3.63) is 84.2 Å². The van der Waals surface area contributed by atoms with Crippen LogP contribution in [0, 0.1) is 5.82 Å². The first-order chi connectivity index (χ1) is 19.6. The Kier molecular flexibility index (Phi) is 7.62. The number of anilines is 5. The molecule has 0 unspecified atom stereocenters. The largest absolute Gasteiger partial charge is 0.391 e. The van der Waals surface area contributed by atoms with Crippen molar-refractivity contribution in [3.63, 3.8) is 0 Å². The lowest BCUT2D eigenvalue weighted by atomic mass is 10.1. The maximum absolute atomic E-state index is 13.1. The van der Waals surface area contributed by atoms with Crippen LogP contribution >= 0.6 is 0 Å². The molecule has 10 nitrogen and oxygen atoms in total. The highest BCUT2D eigenvalue weighted by molar-refractivity contribution is 5.60. The molecule has 6 rings (SSSR count). The van der Waals surface area contributed by atoms with E-state index in [1.165, 1.54) is 18.5 Å². The summed E-state index contributed by atoms with van der Waals surface area (Å²) in [5.41, 5.74) is 4.00. The van der Waals surface area contributed by atoms with Gasteiger partial charge in [-0.25, -0.2) is 24.3 Å². The number of rotatable bonds is 7. The third-order valence-corrected chi connectivity index (χ3v) is 7.30. The summed E-state index contributed by atoms with van der Waals surface area (Å²) in [4.78, 5) is 29.0. The number of aliphatic hydroxyl groups is 1. The van der Waals surface area contributed by atoms with Crippen molar-refractivity contribution in [1.82, 2.24) is 24.9 Å². The summed E-state index contributed by atoms with van der Waals surface area (Å²) in [7, 11) is 0. The number of nitrogens with one attached hydrogen (secondary N) is 1. The quantitative estimate of drug-likeness (QED) is 0.361. The van der Waals surface area contributed by atoms with Gasteiger partial charge in [0.15, 0.2) is 0 Å². The Bertz CT molecular complexity index is 1390. The normalized spacial score (nSPS) is 17.6. The molecule has 2 aliphatic rings. The van der Waals surface area contributed by atoms with Gasteiger partial charge in [-0.05, 0) is 60.4 Å². The van der Waals surface area contributed by atoms with Gasteiger partial charge in [-0.2, -0.15) is 4.98 Å². The van der Waals surface area contributed by atoms with Gasteiger partial charge in [0.2, 0.25) is 17.8 Å². The molecule has 2 aromatic heterocycles. The highest BCUT2D eigenvalue weighted by atomic mass is 19.1. The number of halogens is 1. The van der Waals surface area contributed by atoms with Gasteiger partial charge >= 0.3 is 0 Å². The maximum Gasteiger partial charge on any atom is 0.231 e. The topological polar surface area (TPSA) is 106 Å². The zero-order valence-corrected chi connectivity index (χ0v) is 22.2. The Labute approximate surface area is 232 Å². The fraction of sp³-hybridized carbons (Fsp3) is 0.345. The zero-order chi connectivity index (χ0) is 27.3. The van der Waals surface area contributed by atoms with Crippen LogP contribution in [0.5, 0.6) is 0 Å². The van der Waals surface area contributed by atoms with Crippen molar-refractivity contribution in [3.8, 4) is 0 Å². The third-order valence-electron chi connectivity index (χ3n) is 7.30. The minimum Gasteiger partial charge on any atom is -0.391 e. The second kappa shape index (κ2) is 11.8. The van der Waals surface area contributed by atoms with Crippen molar-refractivity contribution in [2.75, 3.05) is 59.3 Å². The molecule has 0 spiro atoms. The molecule has 0 radical (unpaired) electrons. The lowest BCUT2D eigenvalue weighted by Gasteiger charge is -2.34. The molecule has 1 atom stereocenters. The number of hydrogen-bond acceptors (Lipinski definition) is 10. The Balaban J connectivity index is 1.02. The van der Waals surface area contributed by atoms with E-state index in [-0.39, 0.29) is 11.9 Å². The number of nitrogens with zero attached hydrogens (tertiary/aromatic N) is 8. The van der Waals surface area contributed by atoms with Crippen LogP contribution in [0.1, 0.15) is 24.0 Å². The Hall–Kier alpha value is -4.38. The van der Waals surface area contributed by atoms with Gasteiger partial charge in [0.1, 0.15) is 12.1 Å². The number of β-amino-alcohol motifs (C(OH)–C–C–N with tert-alkyl or cyclic N) is 1. The van der Waals surface area contributed by atoms with E-state index in [1.807, 2.05) is 24.5 Å². The Morgan fingerprint density at radius 3 is 2.17 bits per heavy atom. The minimum absolute atomic E-state index is 0.236. The van der Waals surface area contributed by atoms with Crippen LogP contribution in [0.15, 0.2) is 67.3 Å². The lowest BCUT2D eigenvalue weighted by molar-refractivity contribution is 0.154. The number of piperazine rings is 1. The molecule has 0 aliphatic carbocycles. The van der Waals surface area contributed by atoms with Crippen LogP contribution < -0.4 is 20.0 Å². The van der Waals surface area contributed by atoms with E-state index in [1.54, 1.807) is 12.1 Å². The molecule has 0 saturated carbocycles. The molecule has 2 N–H and O–H groups in total. The van der Waals surface area contributed by atoms with Crippen LogP contribution in [0.4, 0.5) is 33.6 Å². The number of hydrogen-bond donors (Lipinski definition) is 2. The van der Waals surface area contributed by atoms with Gasteiger partial charge in [0.25, 0.3) is 0 Å². The van der Waals surface area contributed by atoms with Gasteiger partial charge in [-0.15, -0.1) is 0 Å². The van der Waals surface area contributed by atoms with E-state index in [0.717, 1.165) is 68.1 Å². The standard InChI is InChI=1S/C29H32FN9O/c30-23-5-3-21(4-6-23)16-22-17-31-28(32-18-22)37-12-14-38(15-13-37)29-34-20-33-27(36-29)35-24-7-9-25(10-8-24)39-11-1-2-26(40)19-39/h3-10,17-18,20,26,40H,1-2,11-16,19H2,(H,33,34,35,36)/t26-/m0/s1. The van der Waals surface area contributed by atoms with Gasteiger partial charge in [-0.3, -0.25) is 0 Å². The number of aliphatic hydroxyl groups excluding tert-OH is 1. The van der Waals surface area contributed by atoms with Crippen molar-refractivity contribution < 1.29 is 9.50 Å². The van der Waals surface area contributed by atoms with Gasteiger partial charge in [0, 0.05) is 69.5 Å². The zero-order valence-electron chi connectivity index (χ0n) is 22.2. The molecule has 2 fully saturated rings. The number of aromatic nitrogens is 5. The second-order valence-corrected chi connectivity index (χ2v) is 10.2. The lowest BCUT2D eigenvalue weighted by Crippen LogP contribution is -2.47. The monoisotopic (exact) mass is 541 g/mol. The van der Waals surface area contributed by atoms with Crippen LogP contribution in [-0.4, -0.2) is 75.4 Å². The first-order valence-corrected chi connectivity index (χ1v) is 13.6. The van der Waals surface area contributed by atoms with Crippen LogP contribution in [0.3, 0.4) is 0 Å². The fourth-order valence-corrected chi connectivity index (χ4v) is 5.12. The van der Waals surface area contributed by atoms with Gasteiger partial charge in [0.05, 0.1) is 6.10 Å². The molecule has 2 saturated heterocycles. The predicted octanol–water partition coefficient (Wildman–Crippen LogP) is 3.42. The summed E-state index contributed by atoms with van der Waals surface area (Å²) in [5.74, 6) is 1.59. The van der Waals surface area contributed by atoms with Crippen LogP contribution in [-0.2, 0) is 6.42 Å². The maximum atomic E-state index is 13.1. The van der Waals surface area contributed by atoms with E-state index in [4.69, 9.17) is 0 Å². The number of piperidine rings is 1. The summed E-state index contributed by atoms with van der Waals surface area (Å²) in [5, 5.41) is 13.2. The molecule has 4 aromatic rings. The summed E-state index contributed by atoms with van der Waals surface area (Å²) in [6.07, 6.45) is 7.48. The molecular formula is C29H32FN9O. The first-order valence-electron chi connectivity index (χ1n) is 13.6. The second-order valence-electron chi connectivity index (χ2n) is 10.2. The van der Waals surface area contributed by atoms with Gasteiger partial charge < -0.3 is 25.1 Å². The predicted molar refractivity (Wildman–Crippen MR) is 153 cm³/mol. The van der Waals surface area contributed by atoms with E-state index in [2.05, 4.69) is 57.1 Å². The molecule has 206 valence electrons. The Morgan fingerprint density at radius 2 is 1.48 bits per heavy atom. The van der Waals surface area contributed by atoms with E-state index in [0.29, 0.717) is 30.8 Å². The fourth-order valence-electron chi connectivity index (χ4n) is 5.12. The van der Waals surface area contributed by atoms with Crippen molar-refractivity contribution >= 4 is 29.2 Å². The minimum atomic E-state index is -0.260. The number of benzene rings is 2. The molecule has 40 heavy (non-hydrogen) atoms. The van der Waals surface area contributed by atoms with Crippen LogP contribution in [0.2, 0.25) is 0 Å². The van der Waals surface area contributed by atoms with E-state index >= 15 is 0 Å².